The monoisotopic (exact) mass is 246 g/mol. The molecule has 2 N–H and O–H groups in total. The molecule has 1 aromatic heterocycles. The number of aryl methyl sites for hydroxylation is 1. The lowest BCUT2D eigenvalue weighted by Gasteiger charge is -2.10. The van der Waals surface area contributed by atoms with Crippen LogP contribution >= 0.6 is 0 Å². The lowest BCUT2D eigenvalue weighted by Crippen LogP contribution is -2.16. The molecule has 1 amide bonds. The standard InChI is InChI=1S/C12H10N2O4/c1-7-3-2-4-8(12(16)17)10(7)13-11(15)9-5-6-18-14-9/h2-6H,1H3,(H,13,15)(H,16,17). The molecule has 0 aliphatic rings. The first-order valence-corrected chi connectivity index (χ1v) is 5.14. The van der Waals surface area contributed by atoms with Gasteiger partial charge >= 0.3 is 5.97 Å². The van der Waals surface area contributed by atoms with Crippen molar-refractivity contribution in [3.63, 3.8) is 0 Å². The first kappa shape index (κ1) is 11.8. The molecule has 0 unspecified atom stereocenters. The lowest BCUT2D eigenvalue weighted by atomic mass is 10.1. The van der Waals surface area contributed by atoms with Crippen LogP contribution in [0.4, 0.5) is 5.69 Å². The van der Waals surface area contributed by atoms with Crippen LogP contribution in [0.2, 0.25) is 0 Å². The summed E-state index contributed by atoms with van der Waals surface area (Å²) < 4.78 is 4.55. The van der Waals surface area contributed by atoms with Crippen molar-refractivity contribution in [2.75, 3.05) is 5.32 Å². The number of carbonyl (C=O) groups excluding carboxylic acids is 1. The Kier molecular flexibility index (Phi) is 3.09. The molecule has 0 atom stereocenters. The molecule has 18 heavy (non-hydrogen) atoms. The predicted octanol–water partition coefficient (Wildman–Crippen LogP) is 1.93. The van der Waals surface area contributed by atoms with Crippen molar-refractivity contribution >= 4 is 17.6 Å². The zero-order valence-corrected chi connectivity index (χ0v) is 9.51. The van der Waals surface area contributed by atoms with Crippen molar-refractivity contribution in [2.45, 2.75) is 6.92 Å². The van der Waals surface area contributed by atoms with Gasteiger partial charge in [0.2, 0.25) is 0 Å². The van der Waals surface area contributed by atoms with Gasteiger partial charge in [-0.2, -0.15) is 0 Å². The lowest BCUT2D eigenvalue weighted by molar-refractivity contribution is 0.0698. The van der Waals surface area contributed by atoms with E-state index in [1.54, 1.807) is 19.1 Å². The summed E-state index contributed by atoms with van der Waals surface area (Å²) >= 11 is 0. The second-order valence-corrected chi connectivity index (χ2v) is 3.64. The summed E-state index contributed by atoms with van der Waals surface area (Å²) in [6.07, 6.45) is 1.27. The van der Waals surface area contributed by atoms with Gasteiger partial charge in [0.15, 0.2) is 5.69 Å². The third-order valence-corrected chi connectivity index (χ3v) is 2.41. The largest absolute Gasteiger partial charge is 0.478 e. The summed E-state index contributed by atoms with van der Waals surface area (Å²) in [5.41, 5.74) is 1.05. The first-order valence-electron chi connectivity index (χ1n) is 5.14. The average Bonchev–Trinajstić information content (AvgIpc) is 2.85. The smallest absolute Gasteiger partial charge is 0.337 e. The van der Waals surface area contributed by atoms with Crippen molar-refractivity contribution in [3.05, 3.63) is 47.3 Å². The maximum Gasteiger partial charge on any atom is 0.337 e. The summed E-state index contributed by atoms with van der Waals surface area (Å²) in [6, 6.07) is 6.15. The minimum absolute atomic E-state index is 0.0341. The van der Waals surface area contributed by atoms with Crippen LogP contribution < -0.4 is 5.32 Å². The number of carboxylic acids is 1. The fraction of sp³-hybridized carbons (Fsp3) is 0.0833. The van der Waals surface area contributed by atoms with Gasteiger partial charge < -0.3 is 14.9 Å². The summed E-state index contributed by atoms with van der Waals surface area (Å²) in [5, 5.41) is 15.1. The van der Waals surface area contributed by atoms with Crippen molar-refractivity contribution in [3.8, 4) is 0 Å². The van der Waals surface area contributed by atoms with Gasteiger partial charge in [0.1, 0.15) is 6.26 Å². The molecule has 0 saturated carbocycles. The van der Waals surface area contributed by atoms with Crippen molar-refractivity contribution in [2.24, 2.45) is 0 Å². The summed E-state index contributed by atoms with van der Waals surface area (Å²) in [7, 11) is 0. The van der Waals surface area contributed by atoms with Gasteiger partial charge in [-0.3, -0.25) is 4.79 Å². The predicted molar refractivity (Wildman–Crippen MR) is 62.6 cm³/mol. The van der Waals surface area contributed by atoms with E-state index in [0.29, 0.717) is 5.56 Å². The normalized spacial score (nSPS) is 10.1. The van der Waals surface area contributed by atoms with E-state index in [0.717, 1.165) is 0 Å². The maximum absolute atomic E-state index is 11.8. The van der Waals surface area contributed by atoms with Gasteiger partial charge in [0.05, 0.1) is 11.3 Å². The van der Waals surface area contributed by atoms with Crippen LogP contribution in [0.3, 0.4) is 0 Å². The number of aromatic nitrogens is 1. The van der Waals surface area contributed by atoms with Gasteiger partial charge in [-0.1, -0.05) is 17.3 Å². The molecular weight excluding hydrogens is 236 g/mol. The van der Waals surface area contributed by atoms with E-state index in [2.05, 4.69) is 15.0 Å². The number of carboxylic acid groups (broad SMARTS) is 1. The summed E-state index contributed by atoms with van der Waals surface area (Å²) in [4.78, 5) is 22.8. The second-order valence-electron chi connectivity index (χ2n) is 3.64. The maximum atomic E-state index is 11.8. The van der Waals surface area contributed by atoms with Gasteiger partial charge in [0, 0.05) is 6.07 Å². The Balaban J connectivity index is 2.34. The molecule has 0 bridgehead atoms. The zero-order valence-electron chi connectivity index (χ0n) is 9.51. The van der Waals surface area contributed by atoms with E-state index in [1.807, 2.05) is 0 Å². The number of anilines is 1. The minimum atomic E-state index is -1.10. The van der Waals surface area contributed by atoms with E-state index < -0.39 is 11.9 Å². The highest BCUT2D eigenvalue weighted by atomic mass is 16.5. The second kappa shape index (κ2) is 4.70. The fourth-order valence-electron chi connectivity index (χ4n) is 1.52. The summed E-state index contributed by atoms with van der Waals surface area (Å²) in [6.45, 7) is 1.71. The number of carbonyl (C=O) groups is 2. The molecule has 2 aromatic rings. The average molecular weight is 246 g/mol. The number of hydrogen-bond donors (Lipinski definition) is 2. The number of hydrogen-bond acceptors (Lipinski definition) is 4. The van der Waals surface area contributed by atoms with Gasteiger partial charge in [-0.25, -0.2) is 4.79 Å². The minimum Gasteiger partial charge on any atom is -0.478 e. The number of benzene rings is 1. The van der Waals surface area contributed by atoms with Crippen LogP contribution in [-0.2, 0) is 0 Å². The first-order chi connectivity index (χ1) is 8.59. The molecule has 0 fully saturated rings. The number of rotatable bonds is 3. The van der Waals surface area contributed by atoms with Crippen LogP contribution in [0.25, 0.3) is 0 Å². The Morgan fingerprint density at radius 2 is 2.11 bits per heavy atom. The zero-order chi connectivity index (χ0) is 13.1. The van der Waals surface area contributed by atoms with Crippen LogP contribution in [0, 0.1) is 6.92 Å². The molecule has 0 aliphatic heterocycles. The SMILES string of the molecule is Cc1cccc(C(=O)O)c1NC(=O)c1ccon1. The molecule has 92 valence electrons. The van der Waals surface area contributed by atoms with E-state index in [-0.39, 0.29) is 16.9 Å². The number of aromatic carboxylic acids is 1. The Labute approximate surface area is 102 Å². The number of amides is 1. The van der Waals surface area contributed by atoms with Crippen LogP contribution in [0.5, 0.6) is 0 Å². The summed E-state index contributed by atoms with van der Waals surface area (Å²) in [5.74, 6) is -1.62. The van der Waals surface area contributed by atoms with E-state index >= 15 is 0 Å². The molecule has 6 heteroatoms. The van der Waals surface area contributed by atoms with Gasteiger partial charge in [-0.05, 0) is 18.6 Å². The van der Waals surface area contributed by atoms with Gasteiger partial charge in [-0.15, -0.1) is 0 Å². The van der Waals surface area contributed by atoms with E-state index in [4.69, 9.17) is 5.11 Å². The Hall–Kier alpha value is -2.63. The third-order valence-electron chi connectivity index (χ3n) is 2.41. The highest BCUT2D eigenvalue weighted by Gasteiger charge is 2.16. The molecule has 0 saturated heterocycles. The molecule has 1 aromatic carbocycles. The number of nitrogens with zero attached hydrogens (tertiary/aromatic N) is 1. The fourth-order valence-corrected chi connectivity index (χ4v) is 1.52. The Bertz CT molecular complexity index is 590. The number of nitrogens with one attached hydrogen (secondary N) is 1. The molecule has 0 aliphatic carbocycles. The quantitative estimate of drug-likeness (QED) is 0.863. The molecule has 2 rings (SSSR count). The molecule has 0 spiro atoms. The van der Waals surface area contributed by atoms with Gasteiger partial charge in [0.25, 0.3) is 5.91 Å². The number of para-hydroxylation sites is 1. The van der Waals surface area contributed by atoms with Crippen LogP contribution in [0.1, 0.15) is 26.4 Å². The van der Waals surface area contributed by atoms with Crippen molar-refractivity contribution in [1.82, 2.24) is 5.16 Å². The Morgan fingerprint density at radius 3 is 2.72 bits per heavy atom. The van der Waals surface area contributed by atoms with E-state index in [9.17, 15) is 9.59 Å². The van der Waals surface area contributed by atoms with Crippen LogP contribution in [-0.4, -0.2) is 22.1 Å². The molecule has 1 heterocycles. The topological polar surface area (TPSA) is 92.4 Å². The molecular formula is C12H10N2O4. The molecule has 0 radical (unpaired) electrons. The van der Waals surface area contributed by atoms with Crippen LogP contribution in [0.15, 0.2) is 35.1 Å². The highest BCUT2D eigenvalue weighted by Crippen LogP contribution is 2.21. The third kappa shape index (κ3) is 2.22. The van der Waals surface area contributed by atoms with E-state index in [1.165, 1.54) is 18.4 Å². The highest BCUT2D eigenvalue weighted by molar-refractivity contribution is 6.07. The van der Waals surface area contributed by atoms with Crippen molar-refractivity contribution < 1.29 is 19.2 Å². The van der Waals surface area contributed by atoms with Crippen molar-refractivity contribution in [1.29, 1.82) is 0 Å². The Morgan fingerprint density at radius 1 is 1.33 bits per heavy atom. The molecule has 6 nitrogen and oxygen atoms in total.